The zero-order chi connectivity index (χ0) is 18.0. The molecule has 0 bridgehead atoms. The summed E-state index contributed by atoms with van der Waals surface area (Å²) in [5.74, 6) is 0.974. The lowest BCUT2D eigenvalue weighted by atomic mass is 10.2. The molecule has 3 rings (SSSR count). The van der Waals surface area contributed by atoms with Crippen LogP contribution in [0.4, 0.5) is 0 Å². The van der Waals surface area contributed by atoms with Crippen molar-refractivity contribution in [1.29, 1.82) is 0 Å². The number of aromatic hydroxyl groups is 1. The van der Waals surface area contributed by atoms with Crippen molar-refractivity contribution in [1.82, 2.24) is 5.43 Å². The van der Waals surface area contributed by atoms with Gasteiger partial charge in [-0.25, -0.2) is 5.43 Å². The van der Waals surface area contributed by atoms with Crippen molar-refractivity contribution >= 4 is 44.0 Å². The van der Waals surface area contributed by atoms with E-state index in [-0.39, 0.29) is 18.3 Å². The molecule has 0 aliphatic carbocycles. The number of nitrogens with zero attached hydrogens (tertiary/aromatic N) is 1. The first kappa shape index (κ1) is 17.6. The highest BCUT2D eigenvalue weighted by atomic mass is 79.9. The van der Waals surface area contributed by atoms with Gasteiger partial charge in [0.25, 0.3) is 5.91 Å². The number of methoxy groups -OCH3 is 1. The van der Waals surface area contributed by atoms with Crippen molar-refractivity contribution in [3.8, 4) is 23.0 Å². The van der Waals surface area contributed by atoms with Crippen LogP contribution in [0, 0.1) is 0 Å². The summed E-state index contributed by atoms with van der Waals surface area (Å²) >= 11 is 6.60. The van der Waals surface area contributed by atoms with Crippen LogP contribution in [0.15, 0.2) is 38.3 Å². The fraction of sp³-hybridized carbons (Fsp3) is 0.125. The Balaban J connectivity index is 1.75. The number of benzene rings is 2. The van der Waals surface area contributed by atoms with E-state index < -0.39 is 5.91 Å². The minimum absolute atomic E-state index is 0.0316. The number of hydrogen-bond donors (Lipinski definition) is 2. The van der Waals surface area contributed by atoms with Crippen molar-refractivity contribution in [2.75, 3.05) is 13.9 Å². The number of halogens is 2. The summed E-state index contributed by atoms with van der Waals surface area (Å²) in [5, 5.41) is 13.8. The van der Waals surface area contributed by atoms with Crippen LogP contribution in [-0.4, -0.2) is 31.1 Å². The summed E-state index contributed by atoms with van der Waals surface area (Å²) < 4.78 is 16.5. The van der Waals surface area contributed by atoms with Gasteiger partial charge >= 0.3 is 0 Å². The Labute approximate surface area is 159 Å². The Kier molecular flexibility index (Phi) is 5.14. The number of rotatable bonds is 4. The number of phenols is 1. The number of ether oxygens (including phenoxy) is 3. The normalized spacial score (nSPS) is 12.4. The molecule has 0 saturated heterocycles. The molecule has 0 atom stereocenters. The lowest BCUT2D eigenvalue weighted by molar-refractivity contribution is 0.0954. The Morgan fingerprint density at radius 2 is 2.04 bits per heavy atom. The van der Waals surface area contributed by atoms with E-state index in [0.717, 1.165) is 0 Å². The van der Waals surface area contributed by atoms with Crippen molar-refractivity contribution in [2.45, 2.75) is 0 Å². The van der Waals surface area contributed by atoms with Gasteiger partial charge in [0.2, 0.25) is 6.79 Å². The van der Waals surface area contributed by atoms with E-state index in [1.165, 1.54) is 13.3 Å². The highest BCUT2D eigenvalue weighted by Gasteiger charge is 2.16. The van der Waals surface area contributed by atoms with Gasteiger partial charge < -0.3 is 19.3 Å². The topological polar surface area (TPSA) is 89.4 Å². The van der Waals surface area contributed by atoms with Crippen LogP contribution in [0.2, 0.25) is 0 Å². The molecule has 130 valence electrons. The average Bonchev–Trinajstić information content (AvgIpc) is 3.09. The number of fused-ring (bicyclic) bond motifs is 1. The first-order valence-corrected chi connectivity index (χ1v) is 8.58. The Morgan fingerprint density at radius 1 is 1.28 bits per heavy atom. The predicted octanol–water partition coefficient (Wildman–Crippen LogP) is 3.42. The van der Waals surface area contributed by atoms with Gasteiger partial charge in [0, 0.05) is 15.6 Å². The van der Waals surface area contributed by atoms with Crippen molar-refractivity contribution < 1.29 is 24.1 Å². The summed E-state index contributed by atoms with van der Waals surface area (Å²) in [6.45, 7) is 0.143. The maximum atomic E-state index is 12.2. The molecule has 0 fully saturated rings. The molecule has 1 amide bonds. The molecule has 0 unspecified atom stereocenters. The van der Waals surface area contributed by atoms with E-state index in [2.05, 4.69) is 42.4 Å². The number of carbonyl (C=O) groups excluding carboxylic acids is 1. The molecule has 2 N–H and O–H groups in total. The van der Waals surface area contributed by atoms with Crippen molar-refractivity contribution in [3.63, 3.8) is 0 Å². The summed E-state index contributed by atoms with van der Waals surface area (Å²) in [5.41, 5.74) is 3.43. The number of amides is 1. The largest absolute Gasteiger partial charge is 0.503 e. The highest BCUT2D eigenvalue weighted by Crippen LogP contribution is 2.41. The van der Waals surface area contributed by atoms with E-state index in [4.69, 9.17) is 14.2 Å². The summed E-state index contributed by atoms with van der Waals surface area (Å²) in [4.78, 5) is 12.2. The fourth-order valence-electron chi connectivity index (χ4n) is 2.12. The Morgan fingerprint density at radius 3 is 2.80 bits per heavy atom. The number of hydrazone groups is 1. The second-order valence-electron chi connectivity index (χ2n) is 4.91. The molecule has 1 aliphatic heterocycles. The summed E-state index contributed by atoms with van der Waals surface area (Å²) in [6.07, 6.45) is 1.43. The van der Waals surface area contributed by atoms with Crippen molar-refractivity contribution in [2.24, 2.45) is 5.10 Å². The minimum atomic E-state index is -0.393. The number of nitrogens with one attached hydrogen (secondary N) is 1. The molecule has 2 aromatic carbocycles. The molecule has 25 heavy (non-hydrogen) atoms. The monoisotopic (exact) mass is 470 g/mol. The smallest absolute Gasteiger partial charge is 0.271 e. The van der Waals surface area contributed by atoms with Crippen LogP contribution < -0.4 is 19.6 Å². The number of carbonyl (C=O) groups is 1. The third-order valence-electron chi connectivity index (χ3n) is 3.40. The molecule has 1 aliphatic rings. The zero-order valence-corrected chi connectivity index (χ0v) is 16.0. The van der Waals surface area contributed by atoms with Crippen LogP contribution in [0.1, 0.15) is 15.9 Å². The van der Waals surface area contributed by atoms with Gasteiger partial charge in [0.15, 0.2) is 23.0 Å². The molecule has 0 saturated carbocycles. The Hall–Kier alpha value is -2.26. The number of phenolic OH excluding ortho intramolecular Hbond substituents is 1. The van der Waals surface area contributed by atoms with Crippen LogP contribution in [0.25, 0.3) is 0 Å². The molecule has 0 spiro atoms. The van der Waals surface area contributed by atoms with Gasteiger partial charge in [-0.15, -0.1) is 0 Å². The molecule has 0 aromatic heterocycles. The van der Waals surface area contributed by atoms with E-state index in [1.54, 1.807) is 24.3 Å². The fourth-order valence-corrected chi connectivity index (χ4v) is 2.95. The molecule has 2 aromatic rings. The Bertz CT molecular complexity index is 870. The molecule has 7 nitrogen and oxygen atoms in total. The second-order valence-corrected chi connectivity index (χ2v) is 6.50. The van der Waals surface area contributed by atoms with Gasteiger partial charge in [-0.2, -0.15) is 5.10 Å². The third-order valence-corrected chi connectivity index (χ3v) is 5.56. The molecular weight excluding hydrogens is 460 g/mol. The maximum Gasteiger partial charge on any atom is 0.271 e. The third kappa shape index (κ3) is 3.57. The van der Waals surface area contributed by atoms with Crippen LogP contribution >= 0.6 is 31.9 Å². The van der Waals surface area contributed by atoms with Crippen molar-refractivity contribution in [3.05, 3.63) is 44.3 Å². The van der Waals surface area contributed by atoms with Gasteiger partial charge in [-0.1, -0.05) is 0 Å². The SMILES string of the molecule is COc1cc(/C=N\NC(=O)c2ccc3c(c2)OCO3)c(Br)c(Br)c1O. The van der Waals surface area contributed by atoms with Crippen LogP contribution in [0.5, 0.6) is 23.0 Å². The standard InChI is InChI=1S/C16H12Br2N2O5/c1-23-12-5-9(13(17)14(18)15(12)21)6-19-20-16(22)8-2-3-10-11(4-8)25-7-24-10/h2-6,21H,7H2,1H3,(H,20,22)/b19-6-. The van der Waals surface area contributed by atoms with E-state index in [0.29, 0.717) is 31.6 Å². The molecule has 0 radical (unpaired) electrons. The van der Waals surface area contributed by atoms with E-state index >= 15 is 0 Å². The lowest BCUT2D eigenvalue weighted by Gasteiger charge is -2.09. The average molecular weight is 472 g/mol. The van der Waals surface area contributed by atoms with Gasteiger partial charge in [0.05, 0.1) is 17.8 Å². The van der Waals surface area contributed by atoms with Gasteiger partial charge in [-0.05, 0) is 56.1 Å². The molecular formula is C16H12Br2N2O5. The quantitative estimate of drug-likeness (QED) is 0.526. The maximum absolute atomic E-state index is 12.2. The molecule has 1 heterocycles. The minimum Gasteiger partial charge on any atom is -0.503 e. The van der Waals surface area contributed by atoms with E-state index in [9.17, 15) is 9.90 Å². The summed E-state index contributed by atoms with van der Waals surface area (Å²) in [6, 6.07) is 6.46. The first-order chi connectivity index (χ1) is 12.0. The second kappa shape index (κ2) is 7.32. The van der Waals surface area contributed by atoms with Gasteiger partial charge in [-0.3, -0.25) is 4.79 Å². The number of hydrogen-bond acceptors (Lipinski definition) is 6. The summed E-state index contributed by atoms with van der Waals surface area (Å²) in [7, 11) is 1.44. The van der Waals surface area contributed by atoms with E-state index in [1.807, 2.05) is 0 Å². The lowest BCUT2D eigenvalue weighted by Crippen LogP contribution is -2.17. The van der Waals surface area contributed by atoms with Crippen LogP contribution in [-0.2, 0) is 0 Å². The predicted molar refractivity (Wildman–Crippen MR) is 97.7 cm³/mol. The van der Waals surface area contributed by atoms with Gasteiger partial charge in [0.1, 0.15) is 0 Å². The first-order valence-electron chi connectivity index (χ1n) is 6.99. The highest BCUT2D eigenvalue weighted by molar-refractivity contribution is 9.13. The van der Waals surface area contributed by atoms with Crippen LogP contribution in [0.3, 0.4) is 0 Å². The zero-order valence-electron chi connectivity index (χ0n) is 12.9. The molecule has 9 heteroatoms.